The molecule has 0 spiro atoms. The molecule has 6 heterocycles. The van der Waals surface area contributed by atoms with E-state index in [4.69, 9.17) is 10.2 Å². The molecule has 0 saturated heterocycles. The predicted octanol–water partition coefficient (Wildman–Crippen LogP) is 8.86. The molecule has 57 heavy (non-hydrogen) atoms. The van der Waals surface area contributed by atoms with Gasteiger partial charge in [0.2, 0.25) is 0 Å². The van der Waals surface area contributed by atoms with Crippen LogP contribution in [0.3, 0.4) is 0 Å². The van der Waals surface area contributed by atoms with Crippen molar-refractivity contribution in [3.63, 3.8) is 0 Å². The van der Waals surface area contributed by atoms with Gasteiger partial charge in [-0.3, -0.25) is 19.2 Å². The number of aliphatic carboxylic acids is 2. The quantitative estimate of drug-likeness (QED) is 0.0965. The molecular weight excluding hydrogens is 792 g/mol. The number of carboxylic acid groups (broad SMARTS) is 2. The molecule has 0 aromatic carbocycles. The number of rotatable bonds is 11. The zero-order chi connectivity index (χ0) is 39.1. The fourth-order valence-electron chi connectivity index (χ4n) is 6.56. The first-order valence-electron chi connectivity index (χ1n) is 18.6. The lowest BCUT2D eigenvalue weighted by Gasteiger charge is -2.27. The molecule has 0 radical (unpaired) electrons. The van der Waals surface area contributed by atoms with Crippen molar-refractivity contribution in [2.45, 2.75) is 105 Å². The van der Waals surface area contributed by atoms with Crippen LogP contribution in [0.15, 0.2) is 61.2 Å². The normalized spacial score (nSPS) is 14.8. The van der Waals surface area contributed by atoms with Crippen molar-refractivity contribution < 1.29 is 29.4 Å². The van der Waals surface area contributed by atoms with Gasteiger partial charge in [-0.1, -0.05) is 30.8 Å². The first kappa shape index (κ1) is 44.3. The number of aryl methyl sites for hydroxylation is 2. The smallest absolute Gasteiger partial charge is 0.303 e. The zero-order valence-electron chi connectivity index (χ0n) is 30.9. The molecule has 304 valence electrons. The van der Waals surface area contributed by atoms with Crippen molar-refractivity contribution in [1.82, 2.24) is 19.9 Å². The first-order valence-corrected chi connectivity index (χ1v) is 19.7. The Bertz CT molecular complexity index is 2060. The fraction of sp³-hybridized carbons (Fsp3) is 0.429. The molecule has 0 bridgehead atoms. The number of hydrogen-bond donors (Lipinski definition) is 3. The molecule has 0 unspecified atom stereocenters. The minimum atomic E-state index is -0.815. The van der Waals surface area contributed by atoms with Crippen molar-refractivity contribution in [3.05, 3.63) is 83.4 Å². The van der Waals surface area contributed by atoms with E-state index in [2.05, 4.69) is 51.0 Å². The highest BCUT2D eigenvalue weighted by atomic mass is 79.9. The van der Waals surface area contributed by atoms with E-state index < -0.39 is 11.9 Å². The molecule has 0 atom stereocenters. The van der Waals surface area contributed by atoms with Crippen molar-refractivity contribution in [3.8, 4) is 0 Å². The highest BCUT2D eigenvalue weighted by Crippen LogP contribution is 2.46. The van der Waals surface area contributed by atoms with Gasteiger partial charge < -0.3 is 30.2 Å². The molecule has 8 rings (SSSR count). The summed E-state index contributed by atoms with van der Waals surface area (Å²) in [6.45, 7) is 4.42. The minimum Gasteiger partial charge on any atom is -0.481 e. The Kier molecular flexibility index (Phi) is 15.6. The monoisotopic (exact) mass is 844 g/mol. The standard InChI is InChI=1S/C20H22N4O3.C15H14N4O.C5H9BrO2.2CH4/c1-13-9-11-22-19-17(13)23(12-3-2-6-16(25)26)20(27)15-5-4-10-21-18(15)24(19)14-7-8-14;1-9-6-8-17-14-12(9)18-15(20)11-3-2-7-16-13(11)19(14)10-4-5-10;6-4-2-1-3-5(7)8;;/h4-5,9-11,14H,2-3,6-8,12H2,1H3,(H,25,26);2-3,6-8,10H,4-5H2,1H3,(H,18,20);1-4H2,(H,7,8);2*1H4. The van der Waals surface area contributed by atoms with Gasteiger partial charge in [-0.15, -0.1) is 0 Å². The van der Waals surface area contributed by atoms with Gasteiger partial charge in [-0.25, -0.2) is 19.9 Å². The van der Waals surface area contributed by atoms with E-state index in [-0.39, 0.29) is 33.1 Å². The van der Waals surface area contributed by atoms with Gasteiger partial charge in [-0.05, 0) is 113 Å². The second kappa shape index (κ2) is 20.1. The molecule has 4 aliphatic rings. The van der Waals surface area contributed by atoms with Gasteiger partial charge in [-0.2, -0.15) is 0 Å². The van der Waals surface area contributed by atoms with Crippen LogP contribution in [0.1, 0.15) is 111 Å². The molecule has 4 aromatic heterocycles. The summed E-state index contributed by atoms with van der Waals surface area (Å²) in [6.07, 6.45) is 14.6. The number of nitrogens with zero attached hydrogens (tertiary/aromatic N) is 7. The van der Waals surface area contributed by atoms with Crippen LogP contribution >= 0.6 is 15.9 Å². The van der Waals surface area contributed by atoms with Crippen molar-refractivity contribution >= 4 is 74.3 Å². The van der Waals surface area contributed by atoms with Gasteiger partial charge >= 0.3 is 11.9 Å². The summed E-state index contributed by atoms with van der Waals surface area (Å²) in [5.74, 6) is 1.21. The Hall–Kier alpha value is -5.44. The van der Waals surface area contributed by atoms with Crippen LogP contribution in [-0.4, -0.2) is 77.9 Å². The number of unbranched alkanes of at least 4 members (excludes halogenated alkanes) is 2. The van der Waals surface area contributed by atoms with Gasteiger partial charge in [0.15, 0.2) is 11.6 Å². The third-order valence-electron chi connectivity index (χ3n) is 9.58. The lowest BCUT2D eigenvalue weighted by atomic mass is 10.1. The number of carbonyl (C=O) groups excluding carboxylic acids is 2. The molecule has 15 heteroatoms. The summed E-state index contributed by atoms with van der Waals surface area (Å²) >= 11 is 3.21. The molecule has 2 saturated carbocycles. The van der Waals surface area contributed by atoms with Crippen LogP contribution in [-0.2, 0) is 9.59 Å². The second-order valence-corrected chi connectivity index (χ2v) is 14.7. The molecule has 2 aliphatic heterocycles. The molecule has 2 aliphatic carbocycles. The number of nitrogens with one attached hydrogen (secondary N) is 1. The predicted molar refractivity (Wildman–Crippen MR) is 227 cm³/mol. The van der Waals surface area contributed by atoms with Crippen LogP contribution < -0.4 is 20.0 Å². The van der Waals surface area contributed by atoms with Crippen LogP contribution in [0, 0.1) is 13.8 Å². The van der Waals surface area contributed by atoms with Crippen molar-refractivity contribution in [1.29, 1.82) is 0 Å². The van der Waals surface area contributed by atoms with E-state index in [1.807, 2.05) is 38.1 Å². The summed E-state index contributed by atoms with van der Waals surface area (Å²) in [5, 5.41) is 20.9. The van der Waals surface area contributed by atoms with Crippen LogP contribution in [0.4, 0.5) is 34.6 Å². The number of pyridine rings is 4. The van der Waals surface area contributed by atoms with E-state index in [9.17, 15) is 19.2 Å². The molecule has 14 nitrogen and oxygen atoms in total. The number of amides is 2. The Labute approximate surface area is 342 Å². The maximum absolute atomic E-state index is 13.4. The average Bonchev–Trinajstić information content (AvgIpc) is 4.09. The van der Waals surface area contributed by atoms with E-state index in [1.54, 1.807) is 41.8 Å². The Morgan fingerprint density at radius 1 is 0.702 bits per heavy atom. The summed E-state index contributed by atoms with van der Waals surface area (Å²) < 4.78 is 0. The van der Waals surface area contributed by atoms with Gasteiger partial charge in [0.05, 0.1) is 22.5 Å². The highest BCUT2D eigenvalue weighted by Gasteiger charge is 2.41. The van der Waals surface area contributed by atoms with Gasteiger partial charge in [0, 0.05) is 61.6 Å². The van der Waals surface area contributed by atoms with Gasteiger partial charge in [0.25, 0.3) is 11.8 Å². The Balaban J connectivity index is 0.000000212. The first-order chi connectivity index (χ1) is 26.6. The lowest BCUT2D eigenvalue weighted by Crippen LogP contribution is -2.32. The molecule has 2 amide bonds. The number of anilines is 6. The zero-order valence-corrected chi connectivity index (χ0v) is 32.5. The van der Waals surface area contributed by atoms with Crippen LogP contribution in [0.25, 0.3) is 0 Å². The number of aromatic nitrogens is 4. The third-order valence-corrected chi connectivity index (χ3v) is 10.1. The van der Waals surface area contributed by atoms with E-state index in [0.717, 1.165) is 78.0 Å². The summed E-state index contributed by atoms with van der Waals surface area (Å²) in [4.78, 5) is 70.5. The third kappa shape index (κ3) is 10.5. The highest BCUT2D eigenvalue weighted by molar-refractivity contribution is 9.09. The largest absolute Gasteiger partial charge is 0.481 e. The van der Waals surface area contributed by atoms with E-state index in [1.165, 1.54) is 0 Å². The van der Waals surface area contributed by atoms with Crippen LogP contribution in [0.5, 0.6) is 0 Å². The summed E-state index contributed by atoms with van der Waals surface area (Å²) in [5.41, 5.74) is 4.77. The topological polar surface area (TPSA) is 182 Å². The number of carbonyl (C=O) groups is 4. The molecule has 3 N–H and O–H groups in total. The fourth-order valence-corrected chi connectivity index (χ4v) is 6.96. The number of halogens is 1. The Morgan fingerprint density at radius 2 is 1.21 bits per heavy atom. The van der Waals surface area contributed by atoms with Gasteiger partial charge in [0.1, 0.15) is 11.6 Å². The molecule has 4 aromatic rings. The average molecular weight is 846 g/mol. The number of carboxylic acids is 2. The lowest BCUT2D eigenvalue weighted by molar-refractivity contribution is -0.138. The molecule has 2 fully saturated rings. The Morgan fingerprint density at radius 3 is 1.79 bits per heavy atom. The minimum absolute atomic E-state index is 0. The van der Waals surface area contributed by atoms with E-state index in [0.29, 0.717) is 60.7 Å². The summed E-state index contributed by atoms with van der Waals surface area (Å²) in [6, 6.07) is 11.7. The number of alkyl halides is 1. The SMILES string of the molecule is C.C.Cc1ccnc2c1N(CCCCC(=O)O)C(=O)c1cccnc1N2C1CC1.Cc1ccnc2c1NC(=O)c1cccnc1N2C1CC1.O=C(O)CCCCBr. The van der Waals surface area contributed by atoms with Crippen molar-refractivity contribution in [2.24, 2.45) is 0 Å². The van der Waals surface area contributed by atoms with E-state index >= 15 is 0 Å². The number of hydrogen-bond acceptors (Lipinski definition) is 10. The maximum atomic E-state index is 13.4. The van der Waals surface area contributed by atoms with Crippen molar-refractivity contribution in [2.75, 3.05) is 31.9 Å². The number of fused-ring (bicyclic) bond motifs is 4. The maximum Gasteiger partial charge on any atom is 0.303 e. The second-order valence-electron chi connectivity index (χ2n) is 13.9. The van der Waals surface area contributed by atoms with Crippen LogP contribution in [0.2, 0.25) is 0 Å². The molecular formula is C42H53BrN8O6. The summed E-state index contributed by atoms with van der Waals surface area (Å²) in [7, 11) is 0.